The van der Waals surface area contributed by atoms with Crippen molar-refractivity contribution in [1.82, 2.24) is 10.2 Å². The van der Waals surface area contributed by atoms with Crippen LogP contribution >= 0.6 is 0 Å². The minimum absolute atomic E-state index is 0.00361. The molecule has 2 amide bonds. The molecule has 0 aliphatic heterocycles. The van der Waals surface area contributed by atoms with Gasteiger partial charge >= 0.3 is 0 Å². The van der Waals surface area contributed by atoms with Gasteiger partial charge in [0.15, 0.2) is 0 Å². The lowest BCUT2D eigenvalue weighted by molar-refractivity contribution is -0.141. The van der Waals surface area contributed by atoms with Gasteiger partial charge in [-0.15, -0.1) is 0 Å². The highest BCUT2D eigenvalue weighted by atomic mass is 16.2. The van der Waals surface area contributed by atoms with Crippen LogP contribution in [0.15, 0.2) is 42.5 Å². The zero-order valence-electron chi connectivity index (χ0n) is 20.1. The van der Waals surface area contributed by atoms with E-state index in [0.717, 1.165) is 40.7 Å². The summed E-state index contributed by atoms with van der Waals surface area (Å²) in [5.41, 5.74) is 5.54. The van der Waals surface area contributed by atoms with Crippen LogP contribution in [0.25, 0.3) is 0 Å². The third-order valence-corrected chi connectivity index (χ3v) is 6.58. The normalized spacial score (nSPS) is 15.2. The van der Waals surface area contributed by atoms with Crippen LogP contribution in [0, 0.1) is 20.8 Å². The summed E-state index contributed by atoms with van der Waals surface area (Å²) >= 11 is 0. The van der Waals surface area contributed by atoms with E-state index in [9.17, 15) is 9.59 Å². The molecule has 2 aromatic rings. The van der Waals surface area contributed by atoms with Gasteiger partial charge in [-0.25, -0.2) is 0 Å². The first kappa shape index (κ1) is 24.0. The predicted molar refractivity (Wildman–Crippen MR) is 130 cm³/mol. The molecule has 1 unspecified atom stereocenters. The van der Waals surface area contributed by atoms with Crippen LogP contribution in [0.4, 0.5) is 0 Å². The summed E-state index contributed by atoms with van der Waals surface area (Å²) in [4.78, 5) is 28.7. The number of amides is 2. The molecule has 1 fully saturated rings. The van der Waals surface area contributed by atoms with Crippen molar-refractivity contribution in [2.45, 2.75) is 91.3 Å². The van der Waals surface area contributed by atoms with Gasteiger partial charge in [0.2, 0.25) is 11.8 Å². The van der Waals surface area contributed by atoms with Crippen molar-refractivity contribution in [2.24, 2.45) is 0 Å². The standard InChI is InChI=1S/C28H38N2O2/c1-5-26(28(32)29-25-13-7-6-8-14-25)30(19-24-12-10-9-11-22(24)4)27(31)18-23-16-20(2)15-21(3)17-23/h9-12,15-17,25-26H,5-8,13-14,18-19H2,1-4H3,(H,29,32). The molecular weight excluding hydrogens is 396 g/mol. The fourth-order valence-electron chi connectivity index (χ4n) is 4.88. The predicted octanol–water partition coefficient (Wildman–Crippen LogP) is 5.41. The molecule has 3 rings (SSSR count). The Labute approximate surface area is 193 Å². The van der Waals surface area contributed by atoms with Crippen molar-refractivity contribution in [3.05, 3.63) is 70.3 Å². The zero-order valence-corrected chi connectivity index (χ0v) is 20.1. The average molecular weight is 435 g/mol. The van der Waals surface area contributed by atoms with E-state index in [1.165, 1.54) is 19.3 Å². The summed E-state index contributed by atoms with van der Waals surface area (Å²) in [6, 6.07) is 14.1. The van der Waals surface area contributed by atoms with Gasteiger partial charge in [-0.05, 0) is 56.7 Å². The summed E-state index contributed by atoms with van der Waals surface area (Å²) in [7, 11) is 0. The fourth-order valence-corrected chi connectivity index (χ4v) is 4.88. The van der Waals surface area contributed by atoms with Crippen molar-refractivity contribution in [3.8, 4) is 0 Å². The number of hydrogen-bond acceptors (Lipinski definition) is 2. The number of carbonyl (C=O) groups excluding carboxylic acids is 2. The van der Waals surface area contributed by atoms with Gasteiger partial charge in [0.05, 0.1) is 6.42 Å². The van der Waals surface area contributed by atoms with E-state index in [2.05, 4.69) is 56.4 Å². The summed E-state index contributed by atoms with van der Waals surface area (Å²) in [5.74, 6) is -0.00865. The highest BCUT2D eigenvalue weighted by Crippen LogP contribution is 2.21. The van der Waals surface area contributed by atoms with E-state index >= 15 is 0 Å². The van der Waals surface area contributed by atoms with Gasteiger partial charge in [-0.1, -0.05) is 79.8 Å². The van der Waals surface area contributed by atoms with Crippen molar-refractivity contribution in [3.63, 3.8) is 0 Å². The Bertz CT molecular complexity index is 911. The summed E-state index contributed by atoms with van der Waals surface area (Å²) < 4.78 is 0. The maximum Gasteiger partial charge on any atom is 0.243 e. The molecule has 1 N–H and O–H groups in total. The maximum atomic E-state index is 13.6. The number of benzene rings is 2. The molecule has 172 valence electrons. The number of aryl methyl sites for hydroxylation is 3. The molecule has 4 nitrogen and oxygen atoms in total. The Morgan fingerprint density at radius 3 is 2.28 bits per heavy atom. The zero-order chi connectivity index (χ0) is 23.1. The van der Waals surface area contributed by atoms with Crippen molar-refractivity contribution in [2.75, 3.05) is 0 Å². The van der Waals surface area contributed by atoms with Gasteiger partial charge in [0.25, 0.3) is 0 Å². The van der Waals surface area contributed by atoms with Crippen LogP contribution < -0.4 is 5.32 Å². The second-order valence-corrected chi connectivity index (χ2v) is 9.39. The van der Waals surface area contributed by atoms with Crippen molar-refractivity contribution in [1.29, 1.82) is 0 Å². The molecule has 0 heterocycles. The number of nitrogens with zero attached hydrogens (tertiary/aromatic N) is 1. The minimum Gasteiger partial charge on any atom is -0.352 e. The van der Waals surface area contributed by atoms with E-state index < -0.39 is 6.04 Å². The summed E-state index contributed by atoms with van der Waals surface area (Å²) in [5, 5.41) is 3.25. The molecule has 2 aromatic carbocycles. The summed E-state index contributed by atoms with van der Waals surface area (Å²) in [6.07, 6.45) is 6.57. The van der Waals surface area contributed by atoms with E-state index in [-0.39, 0.29) is 17.9 Å². The first-order valence-corrected chi connectivity index (χ1v) is 12.1. The summed E-state index contributed by atoms with van der Waals surface area (Å²) in [6.45, 7) is 8.62. The molecule has 4 heteroatoms. The second-order valence-electron chi connectivity index (χ2n) is 9.39. The molecule has 0 saturated heterocycles. The molecule has 32 heavy (non-hydrogen) atoms. The second kappa shape index (κ2) is 11.3. The monoisotopic (exact) mass is 434 g/mol. The minimum atomic E-state index is -0.463. The molecule has 0 radical (unpaired) electrons. The van der Waals surface area contributed by atoms with Crippen molar-refractivity contribution >= 4 is 11.8 Å². The molecule has 0 aromatic heterocycles. The number of hydrogen-bond donors (Lipinski definition) is 1. The van der Waals surface area contributed by atoms with E-state index in [0.29, 0.717) is 19.4 Å². The average Bonchev–Trinajstić information content (AvgIpc) is 2.75. The number of rotatable bonds is 8. The third kappa shape index (κ3) is 6.44. The third-order valence-electron chi connectivity index (χ3n) is 6.58. The van der Waals surface area contributed by atoms with Crippen LogP contribution in [0.5, 0.6) is 0 Å². The molecule has 0 bridgehead atoms. The van der Waals surface area contributed by atoms with E-state index in [4.69, 9.17) is 0 Å². The van der Waals surface area contributed by atoms with Crippen LogP contribution in [0.2, 0.25) is 0 Å². The molecule has 1 atom stereocenters. The molecule has 1 aliphatic carbocycles. The smallest absolute Gasteiger partial charge is 0.243 e. The van der Waals surface area contributed by atoms with Crippen LogP contribution in [-0.4, -0.2) is 28.8 Å². The SMILES string of the molecule is CCC(C(=O)NC1CCCCC1)N(Cc1ccccc1C)C(=O)Cc1cc(C)cc(C)c1. The first-order valence-electron chi connectivity index (χ1n) is 12.1. The van der Waals surface area contributed by atoms with Crippen molar-refractivity contribution < 1.29 is 9.59 Å². The topological polar surface area (TPSA) is 49.4 Å². The Morgan fingerprint density at radius 2 is 1.66 bits per heavy atom. The van der Waals surface area contributed by atoms with Gasteiger partial charge in [0.1, 0.15) is 6.04 Å². The van der Waals surface area contributed by atoms with Gasteiger partial charge in [0, 0.05) is 12.6 Å². The highest BCUT2D eigenvalue weighted by Gasteiger charge is 2.30. The largest absolute Gasteiger partial charge is 0.352 e. The van der Waals surface area contributed by atoms with E-state index in [1.807, 2.05) is 19.1 Å². The van der Waals surface area contributed by atoms with Crippen LogP contribution in [0.1, 0.15) is 73.3 Å². The van der Waals surface area contributed by atoms with Gasteiger partial charge in [-0.2, -0.15) is 0 Å². The lowest BCUT2D eigenvalue weighted by Gasteiger charge is -2.33. The molecule has 1 saturated carbocycles. The Balaban J connectivity index is 1.84. The quantitative estimate of drug-likeness (QED) is 0.604. The Kier molecular flexibility index (Phi) is 8.49. The van der Waals surface area contributed by atoms with Crippen LogP contribution in [0.3, 0.4) is 0 Å². The molecule has 1 aliphatic rings. The van der Waals surface area contributed by atoms with Gasteiger partial charge in [-0.3, -0.25) is 9.59 Å². The lowest BCUT2D eigenvalue weighted by atomic mass is 9.95. The number of nitrogens with one attached hydrogen (secondary N) is 1. The molecule has 0 spiro atoms. The molecular formula is C28H38N2O2. The van der Waals surface area contributed by atoms with E-state index in [1.54, 1.807) is 4.90 Å². The Morgan fingerprint density at radius 1 is 1.00 bits per heavy atom. The highest BCUT2D eigenvalue weighted by molar-refractivity contribution is 5.88. The van der Waals surface area contributed by atoms with Crippen LogP contribution in [-0.2, 0) is 22.6 Å². The fraction of sp³-hybridized carbons (Fsp3) is 0.500. The Hall–Kier alpha value is -2.62. The van der Waals surface area contributed by atoms with Gasteiger partial charge < -0.3 is 10.2 Å². The first-order chi connectivity index (χ1) is 15.4. The maximum absolute atomic E-state index is 13.6. The number of carbonyl (C=O) groups is 2. The lowest BCUT2D eigenvalue weighted by Crippen LogP contribution is -2.52.